The van der Waals surface area contributed by atoms with Crippen LogP contribution in [0.3, 0.4) is 0 Å². The van der Waals surface area contributed by atoms with Crippen molar-refractivity contribution in [1.82, 2.24) is 0 Å². The van der Waals surface area contributed by atoms with Crippen molar-refractivity contribution in [2.45, 2.75) is 0 Å². The summed E-state index contributed by atoms with van der Waals surface area (Å²) in [6.45, 7) is 0. The van der Waals surface area contributed by atoms with E-state index in [1.165, 1.54) is 0 Å². The fourth-order valence-electron chi connectivity index (χ4n) is 2.10. The Hall–Kier alpha value is -1.87. The molecule has 1 aromatic heterocycles. The lowest BCUT2D eigenvalue weighted by Gasteiger charge is -2.07. The van der Waals surface area contributed by atoms with Crippen molar-refractivity contribution < 1.29 is 4.73 Å². The summed E-state index contributed by atoms with van der Waals surface area (Å²) in [7, 11) is 0. The Morgan fingerprint density at radius 2 is 1.72 bits per heavy atom. The van der Waals surface area contributed by atoms with Gasteiger partial charge in [0.05, 0.1) is 5.39 Å². The lowest BCUT2D eigenvalue weighted by molar-refractivity contribution is -0.576. The molecule has 18 heavy (non-hydrogen) atoms. The maximum absolute atomic E-state index is 11.8. The van der Waals surface area contributed by atoms with E-state index in [2.05, 4.69) is 15.9 Å². The van der Waals surface area contributed by atoms with Crippen molar-refractivity contribution >= 4 is 26.8 Å². The average molecular weight is 300 g/mol. The summed E-state index contributed by atoms with van der Waals surface area (Å²) in [6.07, 6.45) is 1.55. The molecule has 88 valence electrons. The zero-order valence-electron chi connectivity index (χ0n) is 9.51. The van der Waals surface area contributed by atoms with Gasteiger partial charge in [-0.3, -0.25) is 0 Å². The van der Waals surface area contributed by atoms with E-state index in [0.29, 0.717) is 5.52 Å². The van der Waals surface area contributed by atoms with Crippen molar-refractivity contribution in [3.05, 3.63) is 70.5 Å². The first-order valence-corrected chi connectivity index (χ1v) is 6.42. The van der Waals surface area contributed by atoms with Crippen LogP contribution in [0, 0.1) is 5.21 Å². The SMILES string of the molecule is [O-][n+]1ccc(-c2ccccc2)c2cc(Br)ccc21. The van der Waals surface area contributed by atoms with Gasteiger partial charge in [0.15, 0.2) is 6.20 Å². The topological polar surface area (TPSA) is 26.9 Å². The molecule has 2 aromatic carbocycles. The van der Waals surface area contributed by atoms with E-state index in [0.717, 1.165) is 25.7 Å². The third-order valence-corrected chi connectivity index (χ3v) is 3.44. The van der Waals surface area contributed by atoms with E-state index in [1.807, 2.05) is 54.6 Å². The number of halogens is 1. The van der Waals surface area contributed by atoms with Gasteiger partial charge in [0.25, 0.3) is 0 Å². The van der Waals surface area contributed by atoms with Crippen LogP contribution >= 0.6 is 15.9 Å². The van der Waals surface area contributed by atoms with Crippen LogP contribution in [-0.4, -0.2) is 0 Å². The molecule has 3 aromatic rings. The number of fused-ring (bicyclic) bond motifs is 1. The Bertz CT molecular complexity index is 710. The van der Waals surface area contributed by atoms with Crippen molar-refractivity contribution in [3.8, 4) is 11.1 Å². The van der Waals surface area contributed by atoms with Crippen LogP contribution in [0.2, 0.25) is 0 Å². The first kappa shape index (κ1) is 11.2. The van der Waals surface area contributed by atoms with Crippen molar-refractivity contribution in [3.63, 3.8) is 0 Å². The maximum atomic E-state index is 11.8. The van der Waals surface area contributed by atoms with Crippen LogP contribution in [0.15, 0.2) is 65.3 Å². The molecule has 0 bridgehead atoms. The first-order valence-electron chi connectivity index (χ1n) is 5.62. The van der Waals surface area contributed by atoms with Gasteiger partial charge < -0.3 is 5.21 Å². The molecule has 2 nitrogen and oxygen atoms in total. The third-order valence-electron chi connectivity index (χ3n) is 2.95. The molecule has 0 saturated carbocycles. The summed E-state index contributed by atoms with van der Waals surface area (Å²) in [5.41, 5.74) is 2.86. The van der Waals surface area contributed by atoms with Crippen LogP contribution in [0.4, 0.5) is 0 Å². The quantitative estimate of drug-likeness (QED) is 0.494. The van der Waals surface area contributed by atoms with E-state index in [-0.39, 0.29) is 0 Å². The summed E-state index contributed by atoms with van der Waals surface area (Å²) >= 11 is 3.45. The second-order valence-electron chi connectivity index (χ2n) is 4.08. The molecule has 3 rings (SSSR count). The normalized spacial score (nSPS) is 10.7. The number of benzene rings is 2. The van der Waals surface area contributed by atoms with Gasteiger partial charge in [0.2, 0.25) is 5.52 Å². The summed E-state index contributed by atoms with van der Waals surface area (Å²) in [5.74, 6) is 0. The monoisotopic (exact) mass is 299 g/mol. The standard InChI is InChI=1S/C15H10BrNO/c16-12-6-7-15-14(10-12)13(8-9-17(15)18)11-4-2-1-3-5-11/h1-10H. The Kier molecular flexibility index (Phi) is 2.76. The van der Waals surface area contributed by atoms with E-state index in [9.17, 15) is 5.21 Å². The predicted molar refractivity (Wildman–Crippen MR) is 76.0 cm³/mol. The van der Waals surface area contributed by atoms with Gasteiger partial charge in [0, 0.05) is 22.2 Å². The lowest BCUT2D eigenvalue weighted by Crippen LogP contribution is -2.26. The minimum atomic E-state index is 0.680. The highest BCUT2D eigenvalue weighted by molar-refractivity contribution is 9.10. The second kappa shape index (κ2) is 4.42. The zero-order chi connectivity index (χ0) is 12.5. The molecule has 3 heteroatoms. The number of hydrogen-bond donors (Lipinski definition) is 0. The van der Waals surface area contributed by atoms with E-state index >= 15 is 0 Å². The average Bonchev–Trinajstić information content (AvgIpc) is 2.40. The molecule has 0 atom stereocenters. The van der Waals surface area contributed by atoms with Crippen molar-refractivity contribution in [2.75, 3.05) is 0 Å². The predicted octanol–water partition coefficient (Wildman–Crippen LogP) is 3.90. The molecular formula is C15H10BrNO. The first-order chi connectivity index (χ1) is 8.75. The number of hydrogen-bond acceptors (Lipinski definition) is 1. The van der Waals surface area contributed by atoms with Crippen molar-refractivity contribution in [1.29, 1.82) is 0 Å². The minimum Gasteiger partial charge on any atom is -0.618 e. The van der Waals surface area contributed by atoms with Gasteiger partial charge in [-0.15, -0.1) is 0 Å². The van der Waals surface area contributed by atoms with Crippen LogP contribution in [0.1, 0.15) is 0 Å². The van der Waals surface area contributed by atoms with Gasteiger partial charge in [-0.25, -0.2) is 0 Å². The number of rotatable bonds is 1. The largest absolute Gasteiger partial charge is 0.618 e. The lowest BCUT2D eigenvalue weighted by atomic mass is 10.0. The molecule has 0 saturated heterocycles. The maximum Gasteiger partial charge on any atom is 0.224 e. The van der Waals surface area contributed by atoms with Gasteiger partial charge in [-0.05, 0) is 17.7 Å². The highest BCUT2D eigenvalue weighted by Gasteiger charge is 2.10. The molecular weight excluding hydrogens is 290 g/mol. The van der Waals surface area contributed by atoms with Gasteiger partial charge >= 0.3 is 0 Å². The fourth-order valence-corrected chi connectivity index (χ4v) is 2.46. The summed E-state index contributed by atoms with van der Waals surface area (Å²) in [6, 6.07) is 17.6. The highest BCUT2D eigenvalue weighted by atomic mass is 79.9. The Morgan fingerprint density at radius 3 is 2.50 bits per heavy atom. The summed E-state index contributed by atoms with van der Waals surface area (Å²) < 4.78 is 1.87. The number of aromatic nitrogens is 1. The van der Waals surface area contributed by atoms with E-state index in [4.69, 9.17) is 0 Å². The fraction of sp³-hybridized carbons (Fsp3) is 0. The van der Waals surface area contributed by atoms with Gasteiger partial charge in [-0.2, -0.15) is 4.73 Å². The molecule has 0 fully saturated rings. The molecule has 0 aliphatic heterocycles. The van der Waals surface area contributed by atoms with Gasteiger partial charge in [-0.1, -0.05) is 46.3 Å². The van der Waals surface area contributed by atoms with Crippen LogP contribution in [0.25, 0.3) is 22.0 Å². The zero-order valence-corrected chi connectivity index (χ0v) is 11.1. The molecule has 1 heterocycles. The Morgan fingerprint density at radius 1 is 0.944 bits per heavy atom. The molecule has 0 radical (unpaired) electrons. The molecule has 0 aliphatic rings. The van der Waals surface area contributed by atoms with Crippen molar-refractivity contribution in [2.24, 2.45) is 0 Å². The molecule has 0 unspecified atom stereocenters. The molecule has 0 aliphatic carbocycles. The second-order valence-corrected chi connectivity index (χ2v) is 5.00. The Labute approximate surface area is 113 Å². The van der Waals surface area contributed by atoms with E-state index < -0.39 is 0 Å². The van der Waals surface area contributed by atoms with E-state index in [1.54, 1.807) is 6.20 Å². The van der Waals surface area contributed by atoms with Crippen LogP contribution in [0.5, 0.6) is 0 Å². The number of nitrogens with zero attached hydrogens (tertiary/aromatic N) is 1. The van der Waals surface area contributed by atoms with Crippen LogP contribution in [-0.2, 0) is 0 Å². The molecule has 0 amide bonds. The van der Waals surface area contributed by atoms with Crippen LogP contribution < -0.4 is 4.73 Å². The Balaban J connectivity index is 2.37. The molecule has 0 N–H and O–H groups in total. The smallest absolute Gasteiger partial charge is 0.224 e. The molecule has 0 spiro atoms. The summed E-state index contributed by atoms with van der Waals surface area (Å²) in [4.78, 5) is 0. The summed E-state index contributed by atoms with van der Waals surface area (Å²) in [5, 5.41) is 12.7. The third kappa shape index (κ3) is 1.87. The highest BCUT2D eigenvalue weighted by Crippen LogP contribution is 2.28. The number of pyridine rings is 1. The van der Waals surface area contributed by atoms with Gasteiger partial charge in [0.1, 0.15) is 0 Å². The minimum absolute atomic E-state index is 0.680.